The molecule has 0 aliphatic carbocycles. The number of anilines is 1. The summed E-state index contributed by atoms with van der Waals surface area (Å²) in [5.41, 5.74) is -1.86. The monoisotopic (exact) mass is 711 g/mol. The van der Waals surface area contributed by atoms with E-state index in [1.54, 1.807) is 25.1 Å². The Hall–Kier alpha value is -4.05. The van der Waals surface area contributed by atoms with Crippen molar-refractivity contribution in [2.45, 2.75) is 48.7 Å². The molecule has 1 fully saturated rings. The van der Waals surface area contributed by atoms with Gasteiger partial charge in [0.15, 0.2) is 11.3 Å². The molecule has 1 unspecified atom stereocenters. The number of rotatable bonds is 9. The maximum atomic E-state index is 15.4. The van der Waals surface area contributed by atoms with Crippen molar-refractivity contribution in [3.63, 3.8) is 0 Å². The summed E-state index contributed by atoms with van der Waals surface area (Å²) in [5, 5.41) is 10.2. The quantitative estimate of drug-likeness (QED) is 0.337. The zero-order chi connectivity index (χ0) is 35.2. The number of hydrogen-bond donors (Lipinski definition) is 1. The first kappa shape index (κ1) is 35.3. The first-order valence-electron chi connectivity index (χ1n) is 14.7. The third kappa shape index (κ3) is 5.93. The molecule has 2 atom stereocenters. The lowest BCUT2D eigenvalue weighted by molar-refractivity contribution is -0.275. The highest BCUT2D eigenvalue weighted by atomic mass is 35.5. The number of methoxy groups -OCH3 is 2. The van der Waals surface area contributed by atoms with Gasteiger partial charge in [-0.25, -0.2) is 12.7 Å². The van der Waals surface area contributed by atoms with E-state index in [0.29, 0.717) is 29.1 Å². The van der Waals surface area contributed by atoms with E-state index in [1.807, 2.05) is 0 Å². The largest absolute Gasteiger partial charge is 0.573 e. The van der Waals surface area contributed by atoms with Crippen molar-refractivity contribution in [2.75, 3.05) is 39.2 Å². The van der Waals surface area contributed by atoms with Crippen LogP contribution in [0.4, 0.5) is 18.9 Å². The smallest absolute Gasteiger partial charge is 0.497 e. The SMILES string of the molecule is COc1ccc(S(=O)(=O)N2C(=O)C(c3cc(CO)ccc3OC)(N3CCCC[C@H]3C(=O)N(C)C)c3cc(Cl)ccc32)c(OC(F)(F)F)c1. The molecule has 16 heteroatoms. The van der Waals surface area contributed by atoms with Crippen LogP contribution in [-0.2, 0) is 31.8 Å². The molecule has 5 rings (SSSR count). The Morgan fingerprint density at radius 3 is 2.38 bits per heavy atom. The normalized spacial score (nSPS) is 20.0. The van der Waals surface area contributed by atoms with Crippen LogP contribution in [0, 0.1) is 0 Å². The number of sulfonamides is 1. The second kappa shape index (κ2) is 13.1. The van der Waals surface area contributed by atoms with Gasteiger partial charge in [-0.1, -0.05) is 24.1 Å². The molecule has 1 saturated heterocycles. The lowest BCUT2D eigenvalue weighted by Crippen LogP contribution is -2.62. The number of likely N-dealkylation sites (tertiary alicyclic amines) is 1. The van der Waals surface area contributed by atoms with Gasteiger partial charge in [-0.05, 0) is 60.9 Å². The topological polar surface area (TPSA) is 126 Å². The fraction of sp³-hybridized carbons (Fsp3) is 0.375. The van der Waals surface area contributed by atoms with Crippen molar-refractivity contribution in [2.24, 2.45) is 0 Å². The predicted octanol–water partition coefficient (Wildman–Crippen LogP) is 4.67. The molecule has 3 aromatic rings. The first-order valence-corrected chi connectivity index (χ1v) is 16.5. The van der Waals surface area contributed by atoms with Gasteiger partial charge in [-0.15, -0.1) is 13.2 Å². The van der Waals surface area contributed by atoms with E-state index in [9.17, 15) is 31.5 Å². The third-order valence-electron chi connectivity index (χ3n) is 8.45. The van der Waals surface area contributed by atoms with E-state index in [2.05, 4.69) is 4.74 Å². The number of piperidine rings is 1. The number of aliphatic hydroxyl groups excluding tert-OH is 1. The van der Waals surface area contributed by atoms with Crippen molar-refractivity contribution in [3.8, 4) is 17.2 Å². The zero-order valence-corrected chi connectivity index (χ0v) is 27.9. The molecule has 2 heterocycles. The summed E-state index contributed by atoms with van der Waals surface area (Å²) < 4.78 is 85.2. The van der Waals surface area contributed by atoms with Gasteiger partial charge in [0.1, 0.15) is 16.4 Å². The minimum Gasteiger partial charge on any atom is -0.497 e. The van der Waals surface area contributed by atoms with Gasteiger partial charge in [-0.2, -0.15) is 0 Å². The summed E-state index contributed by atoms with van der Waals surface area (Å²) in [6.07, 6.45) is -3.86. The molecular formula is C32H33ClF3N3O8S. The van der Waals surface area contributed by atoms with E-state index in [-0.39, 0.29) is 45.8 Å². The summed E-state index contributed by atoms with van der Waals surface area (Å²) in [7, 11) is 0.427. The maximum absolute atomic E-state index is 15.4. The third-order valence-corrected chi connectivity index (χ3v) is 10.4. The summed E-state index contributed by atoms with van der Waals surface area (Å²) in [5.74, 6) is -2.62. The number of halogens is 4. The van der Waals surface area contributed by atoms with Gasteiger partial charge in [0.05, 0.1) is 32.6 Å². The highest BCUT2D eigenvalue weighted by molar-refractivity contribution is 7.93. The van der Waals surface area contributed by atoms with Crippen LogP contribution in [0.5, 0.6) is 17.2 Å². The average molecular weight is 712 g/mol. The number of amides is 2. The van der Waals surface area contributed by atoms with E-state index in [0.717, 1.165) is 18.2 Å². The fourth-order valence-corrected chi connectivity index (χ4v) is 8.17. The number of ether oxygens (including phenoxy) is 3. The second-order valence-electron chi connectivity index (χ2n) is 11.4. The Labute approximate surface area is 280 Å². The number of carbonyl (C=O) groups excluding carboxylic acids is 2. The minimum absolute atomic E-state index is 0.0437. The van der Waals surface area contributed by atoms with E-state index in [1.165, 1.54) is 49.5 Å². The van der Waals surface area contributed by atoms with Crippen LogP contribution < -0.4 is 18.5 Å². The van der Waals surface area contributed by atoms with Gasteiger partial charge in [0.2, 0.25) is 5.91 Å². The molecule has 0 saturated carbocycles. The number of likely N-dealkylation sites (N-methyl/N-ethyl adjacent to an activating group) is 1. The Morgan fingerprint density at radius 2 is 1.75 bits per heavy atom. The van der Waals surface area contributed by atoms with Crippen LogP contribution in [0.15, 0.2) is 59.5 Å². The van der Waals surface area contributed by atoms with Crippen LogP contribution in [0.3, 0.4) is 0 Å². The molecule has 0 aromatic heterocycles. The summed E-state index contributed by atoms with van der Waals surface area (Å²) in [6.45, 7) is -0.330. The Kier molecular flexibility index (Phi) is 9.63. The number of fused-ring (bicyclic) bond motifs is 1. The minimum atomic E-state index is -5.30. The van der Waals surface area contributed by atoms with Crippen LogP contribution in [0.1, 0.15) is 36.0 Å². The lowest BCUT2D eigenvalue weighted by Gasteiger charge is -2.47. The van der Waals surface area contributed by atoms with Gasteiger partial charge < -0.3 is 24.2 Å². The molecule has 0 bridgehead atoms. The molecule has 0 spiro atoms. The molecule has 258 valence electrons. The summed E-state index contributed by atoms with van der Waals surface area (Å²) in [4.78, 5) is 31.1. The van der Waals surface area contributed by atoms with E-state index < -0.39 is 51.1 Å². The van der Waals surface area contributed by atoms with Crippen molar-refractivity contribution < 1.29 is 50.5 Å². The molecular weight excluding hydrogens is 679 g/mol. The van der Waals surface area contributed by atoms with Crippen molar-refractivity contribution in [1.29, 1.82) is 0 Å². The number of aliphatic hydroxyl groups is 1. The molecule has 2 aliphatic rings. The lowest BCUT2D eigenvalue weighted by atomic mass is 9.78. The Morgan fingerprint density at radius 1 is 1.02 bits per heavy atom. The van der Waals surface area contributed by atoms with E-state index >= 15 is 4.79 Å². The van der Waals surface area contributed by atoms with Crippen LogP contribution in [0.25, 0.3) is 0 Å². The molecule has 2 amide bonds. The molecule has 11 nitrogen and oxygen atoms in total. The first-order chi connectivity index (χ1) is 22.6. The number of carbonyl (C=O) groups is 2. The number of benzene rings is 3. The van der Waals surface area contributed by atoms with Gasteiger partial charge in [0, 0.05) is 42.9 Å². The standard InChI is InChI=1S/C32H33ClF3N3O8S/c1-37(2)29(41)25-7-5-6-14-38(25)31(23-15-19(18-40)8-12-26(23)46-4)22-16-20(33)9-11-24(22)39(30(31)42)48(43,44)28-13-10-21(45-3)17-27(28)47-32(34,35)36/h8-13,15-17,25,40H,5-7,14,18H2,1-4H3/t25-,31?/m0/s1. The number of alkyl halides is 3. The summed E-state index contributed by atoms with van der Waals surface area (Å²) in [6, 6.07) is 10.3. The highest BCUT2D eigenvalue weighted by Crippen LogP contribution is 2.55. The summed E-state index contributed by atoms with van der Waals surface area (Å²) >= 11 is 6.51. The number of hydrogen-bond acceptors (Lipinski definition) is 9. The van der Waals surface area contributed by atoms with Crippen molar-refractivity contribution in [1.82, 2.24) is 9.80 Å². The van der Waals surface area contributed by atoms with Gasteiger partial charge in [-0.3, -0.25) is 14.5 Å². The van der Waals surface area contributed by atoms with Crippen molar-refractivity contribution in [3.05, 3.63) is 76.3 Å². The fourth-order valence-electron chi connectivity index (χ4n) is 6.43. The predicted molar refractivity (Wildman–Crippen MR) is 169 cm³/mol. The molecule has 1 N–H and O–H groups in total. The molecule has 3 aromatic carbocycles. The van der Waals surface area contributed by atoms with Gasteiger partial charge >= 0.3 is 6.36 Å². The molecule has 0 radical (unpaired) electrons. The second-order valence-corrected chi connectivity index (χ2v) is 13.6. The van der Waals surface area contributed by atoms with Crippen LogP contribution in [-0.4, -0.2) is 82.4 Å². The number of nitrogens with zero attached hydrogens (tertiary/aromatic N) is 3. The Bertz CT molecular complexity index is 1860. The molecule has 2 aliphatic heterocycles. The zero-order valence-electron chi connectivity index (χ0n) is 26.4. The van der Waals surface area contributed by atoms with Gasteiger partial charge in [0.25, 0.3) is 15.9 Å². The molecule has 48 heavy (non-hydrogen) atoms. The van der Waals surface area contributed by atoms with Crippen LogP contribution >= 0.6 is 11.6 Å². The van der Waals surface area contributed by atoms with Crippen LogP contribution in [0.2, 0.25) is 5.02 Å². The average Bonchev–Trinajstić information content (AvgIpc) is 3.31. The highest BCUT2D eigenvalue weighted by Gasteiger charge is 2.63. The Balaban J connectivity index is 1.88. The van der Waals surface area contributed by atoms with E-state index in [4.69, 9.17) is 21.1 Å². The maximum Gasteiger partial charge on any atom is 0.573 e. The van der Waals surface area contributed by atoms with Crippen molar-refractivity contribution >= 4 is 39.1 Å².